The third kappa shape index (κ3) is 3.70. The lowest BCUT2D eigenvalue weighted by Gasteiger charge is -2.44. The molecule has 0 amide bonds. The summed E-state index contributed by atoms with van der Waals surface area (Å²) in [6.45, 7) is 3.51. The number of likely N-dealkylation sites (tertiary alicyclic amines) is 1. The van der Waals surface area contributed by atoms with Crippen LogP contribution in [0.15, 0.2) is 18.5 Å². The van der Waals surface area contributed by atoms with E-state index in [1.54, 1.807) is 11.1 Å². The van der Waals surface area contributed by atoms with Crippen LogP contribution in [0.25, 0.3) is 11.0 Å². The largest absolute Gasteiger partial charge is 0.477 e. The third-order valence-corrected chi connectivity index (χ3v) is 6.04. The fraction of sp³-hybridized carbons (Fsp3) is 0.526. The van der Waals surface area contributed by atoms with E-state index < -0.39 is 12.0 Å². The Balaban J connectivity index is 1.37. The van der Waals surface area contributed by atoms with Gasteiger partial charge in [-0.2, -0.15) is 15.1 Å². The normalized spacial score (nSPS) is 21.9. The average molecular weight is 454 g/mol. The Labute approximate surface area is 181 Å². The summed E-state index contributed by atoms with van der Waals surface area (Å²) in [5, 5.41) is 7.96. The van der Waals surface area contributed by atoms with Gasteiger partial charge in [-0.05, 0) is 19.4 Å². The molecule has 0 saturated carbocycles. The number of nitrogens with one attached hydrogen (secondary N) is 2. The van der Waals surface area contributed by atoms with Gasteiger partial charge in [-0.3, -0.25) is 4.90 Å². The first-order valence-corrected chi connectivity index (χ1v) is 10.5. The summed E-state index contributed by atoms with van der Waals surface area (Å²) in [5.74, 6) is -2.33. The maximum absolute atomic E-state index is 15.0. The van der Waals surface area contributed by atoms with Gasteiger partial charge in [-0.15, -0.1) is 0 Å². The van der Waals surface area contributed by atoms with Gasteiger partial charge in [0.15, 0.2) is 5.15 Å². The molecular formula is C19H22ClF2N7O2. The number of fused-ring (bicyclic) bond motifs is 1. The van der Waals surface area contributed by atoms with Crippen LogP contribution < -0.4 is 10.1 Å². The second-order valence-corrected chi connectivity index (χ2v) is 8.03. The Morgan fingerprint density at radius 1 is 1.39 bits per heavy atom. The molecule has 0 bridgehead atoms. The molecule has 0 aliphatic carbocycles. The van der Waals surface area contributed by atoms with Gasteiger partial charge in [0, 0.05) is 12.7 Å². The molecule has 166 valence electrons. The molecule has 2 fully saturated rings. The van der Waals surface area contributed by atoms with Gasteiger partial charge in [0.2, 0.25) is 11.8 Å². The first-order chi connectivity index (χ1) is 15.0. The summed E-state index contributed by atoms with van der Waals surface area (Å²) < 4.78 is 41.8. The Bertz CT molecular complexity index is 1080. The number of piperidine rings is 1. The van der Waals surface area contributed by atoms with Crippen LogP contribution in [-0.4, -0.2) is 74.5 Å². The number of hydrogen-bond donors (Lipinski definition) is 2. The van der Waals surface area contributed by atoms with Crippen molar-refractivity contribution in [2.75, 3.05) is 38.2 Å². The quantitative estimate of drug-likeness (QED) is 0.591. The molecule has 31 heavy (non-hydrogen) atoms. The molecule has 2 aliphatic rings. The molecule has 1 atom stereocenters. The van der Waals surface area contributed by atoms with Crippen molar-refractivity contribution in [3.8, 4) is 5.88 Å². The van der Waals surface area contributed by atoms with Crippen molar-refractivity contribution in [3.63, 3.8) is 0 Å². The van der Waals surface area contributed by atoms with E-state index in [0.29, 0.717) is 43.6 Å². The van der Waals surface area contributed by atoms with Gasteiger partial charge in [0.1, 0.15) is 11.7 Å². The van der Waals surface area contributed by atoms with Crippen LogP contribution in [0.4, 0.5) is 20.4 Å². The van der Waals surface area contributed by atoms with Crippen LogP contribution in [-0.2, 0) is 4.74 Å². The van der Waals surface area contributed by atoms with E-state index in [9.17, 15) is 8.78 Å². The van der Waals surface area contributed by atoms with Crippen LogP contribution in [0, 0.1) is 0 Å². The van der Waals surface area contributed by atoms with Crippen molar-refractivity contribution in [1.29, 1.82) is 0 Å². The molecule has 2 aliphatic heterocycles. The number of ether oxygens (including phenoxy) is 2. The van der Waals surface area contributed by atoms with E-state index in [1.165, 1.54) is 10.9 Å². The summed E-state index contributed by atoms with van der Waals surface area (Å²) in [4.78, 5) is 13.6. The molecular weight excluding hydrogens is 432 g/mol. The Kier molecular flexibility index (Phi) is 5.19. The van der Waals surface area contributed by atoms with Crippen molar-refractivity contribution in [2.24, 2.45) is 0 Å². The predicted molar refractivity (Wildman–Crippen MR) is 110 cm³/mol. The van der Waals surface area contributed by atoms with Crippen LogP contribution in [0.3, 0.4) is 0 Å². The Morgan fingerprint density at radius 2 is 2.23 bits per heavy atom. The number of H-pyrrole nitrogens is 1. The van der Waals surface area contributed by atoms with Gasteiger partial charge in [-0.1, -0.05) is 11.6 Å². The minimum Gasteiger partial charge on any atom is -0.477 e. The highest BCUT2D eigenvalue weighted by Gasteiger charge is 2.49. The highest BCUT2D eigenvalue weighted by molar-refractivity contribution is 6.32. The molecule has 9 nitrogen and oxygen atoms in total. The first kappa shape index (κ1) is 20.4. The van der Waals surface area contributed by atoms with E-state index in [1.807, 2.05) is 13.0 Å². The minimum absolute atomic E-state index is 0.0664. The number of aromatic nitrogens is 5. The lowest BCUT2D eigenvalue weighted by Crippen LogP contribution is -2.58. The fourth-order valence-electron chi connectivity index (χ4n) is 3.99. The van der Waals surface area contributed by atoms with Crippen molar-refractivity contribution >= 4 is 34.3 Å². The van der Waals surface area contributed by atoms with Crippen molar-refractivity contribution in [3.05, 3.63) is 23.6 Å². The molecule has 3 aromatic rings. The Hall–Kier alpha value is -2.50. The van der Waals surface area contributed by atoms with Crippen LogP contribution in [0.5, 0.6) is 5.88 Å². The van der Waals surface area contributed by atoms with Crippen LogP contribution >= 0.6 is 11.6 Å². The number of alkyl halides is 2. The van der Waals surface area contributed by atoms with E-state index in [2.05, 4.69) is 25.4 Å². The molecule has 3 aromatic heterocycles. The van der Waals surface area contributed by atoms with Gasteiger partial charge in [-0.25, -0.2) is 13.5 Å². The van der Waals surface area contributed by atoms with E-state index >= 15 is 0 Å². The summed E-state index contributed by atoms with van der Waals surface area (Å²) in [6, 6.07) is 0.759. The zero-order valence-corrected chi connectivity index (χ0v) is 17.6. The number of aromatic amines is 1. The van der Waals surface area contributed by atoms with Crippen LogP contribution in [0.1, 0.15) is 19.4 Å². The Morgan fingerprint density at radius 3 is 2.94 bits per heavy atom. The number of halogens is 3. The molecule has 12 heteroatoms. The monoisotopic (exact) mass is 453 g/mol. The molecule has 5 rings (SSSR count). The lowest BCUT2D eigenvalue weighted by atomic mass is 9.99. The number of nitrogens with zero attached hydrogens (tertiary/aromatic N) is 5. The third-order valence-electron chi connectivity index (χ3n) is 5.67. The number of rotatable bonds is 6. The van der Waals surface area contributed by atoms with Gasteiger partial charge >= 0.3 is 0 Å². The van der Waals surface area contributed by atoms with Crippen molar-refractivity contribution in [1.82, 2.24) is 29.6 Å². The zero-order valence-electron chi connectivity index (χ0n) is 16.8. The topological polar surface area (TPSA) is 93.1 Å². The van der Waals surface area contributed by atoms with E-state index in [-0.39, 0.29) is 30.1 Å². The van der Waals surface area contributed by atoms with Crippen molar-refractivity contribution < 1.29 is 18.3 Å². The predicted octanol–water partition coefficient (Wildman–Crippen LogP) is 3.23. The standard InChI is InChI=1S/C19H22ClF2N7O2/c1-2-31-17-12-3-5-23-16(12)26-18(27-17)25-13-7-24-29(15(13)20)14-4-6-28(10-19(14,21)22)11-8-30-9-11/h3,5,7,11,14H,2,4,6,8-10H2,1H3,(H2,23,25,26,27)/t14-/m0/s1. The SMILES string of the molecule is CCOc1nc(Nc2cnn([C@H]3CCN(C4COC4)CC3(F)F)c2Cl)nc2[nH]ccc12. The smallest absolute Gasteiger partial charge is 0.282 e. The molecule has 0 spiro atoms. The summed E-state index contributed by atoms with van der Waals surface area (Å²) >= 11 is 6.45. The molecule has 5 heterocycles. The first-order valence-electron chi connectivity index (χ1n) is 10.1. The van der Waals surface area contributed by atoms with Crippen LogP contribution in [0.2, 0.25) is 5.15 Å². The number of hydrogen-bond acceptors (Lipinski definition) is 7. The zero-order chi connectivity index (χ0) is 21.6. The van der Waals surface area contributed by atoms with E-state index in [0.717, 1.165) is 5.39 Å². The summed E-state index contributed by atoms with van der Waals surface area (Å²) in [6.07, 6.45) is 3.39. The second-order valence-electron chi connectivity index (χ2n) is 7.67. The minimum atomic E-state index is -2.97. The molecule has 2 saturated heterocycles. The maximum atomic E-state index is 15.0. The summed E-state index contributed by atoms with van der Waals surface area (Å²) in [5.41, 5.74) is 0.934. The molecule has 2 N–H and O–H groups in total. The highest BCUT2D eigenvalue weighted by Crippen LogP contribution is 2.40. The van der Waals surface area contributed by atoms with Gasteiger partial charge in [0.25, 0.3) is 5.92 Å². The fourth-order valence-corrected chi connectivity index (χ4v) is 4.24. The molecule has 0 aromatic carbocycles. The van der Waals surface area contributed by atoms with Gasteiger partial charge in [0.05, 0.1) is 49.7 Å². The van der Waals surface area contributed by atoms with Crippen molar-refractivity contribution in [2.45, 2.75) is 31.4 Å². The number of anilines is 2. The van der Waals surface area contributed by atoms with Gasteiger partial charge < -0.3 is 19.8 Å². The van der Waals surface area contributed by atoms with E-state index in [4.69, 9.17) is 21.1 Å². The average Bonchev–Trinajstić information content (AvgIpc) is 3.28. The lowest BCUT2D eigenvalue weighted by molar-refractivity contribution is -0.149. The molecule has 0 radical (unpaired) electrons. The molecule has 0 unspecified atom stereocenters. The summed E-state index contributed by atoms with van der Waals surface area (Å²) in [7, 11) is 0. The highest BCUT2D eigenvalue weighted by atomic mass is 35.5. The maximum Gasteiger partial charge on any atom is 0.282 e. The second kappa shape index (κ2) is 7.88.